The molecule has 1 aromatic heterocycles. The van der Waals surface area contributed by atoms with Gasteiger partial charge in [0.1, 0.15) is 6.61 Å². The second-order valence-electron chi connectivity index (χ2n) is 6.63. The van der Waals surface area contributed by atoms with Gasteiger partial charge < -0.3 is 19.3 Å². The molecule has 152 valence electrons. The summed E-state index contributed by atoms with van der Waals surface area (Å²) in [6, 6.07) is 15.6. The maximum Gasteiger partial charge on any atom is 0.226 e. The van der Waals surface area contributed by atoms with Crippen LogP contribution in [0.25, 0.3) is 0 Å². The molecule has 0 unspecified atom stereocenters. The minimum absolute atomic E-state index is 0.0235. The van der Waals surface area contributed by atoms with Crippen LogP contribution in [-0.4, -0.2) is 23.2 Å². The smallest absolute Gasteiger partial charge is 0.226 e. The maximum atomic E-state index is 12.1. The summed E-state index contributed by atoms with van der Waals surface area (Å²) in [6.07, 6.45) is 1.65. The van der Waals surface area contributed by atoms with Crippen LogP contribution in [0.15, 0.2) is 53.1 Å². The summed E-state index contributed by atoms with van der Waals surface area (Å²) in [7, 11) is 1.60. The Hall–Kier alpha value is -3.35. The lowest BCUT2D eigenvalue weighted by molar-refractivity contribution is -0.121. The molecular weight excluding hydrogens is 370 g/mol. The zero-order valence-corrected chi connectivity index (χ0v) is 16.7. The largest absolute Gasteiger partial charge is 0.493 e. The Morgan fingerprint density at radius 3 is 2.66 bits per heavy atom. The van der Waals surface area contributed by atoms with E-state index in [0.29, 0.717) is 55.6 Å². The first-order valence-electron chi connectivity index (χ1n) is 9.53. The van der Waals surface area contributed by atoms with Crippen molar-refractivity contribution in [1.82, 2.24) is 15.5 Å². The number of nitrogens with zero attached hydrogens (tertiary/aromatic N) is 2. The van der Waals surface area contributed by atoms with Crippen LogP contribution in [0, 0.1) is 6.92 Å². The highest BCUT2D eigenvalue weighted by Crippen LogP contribution is 2.28. The van der Waals surface area contributed by atoms with Crippen molar-refractivity contribution < 1.29 is 18.8 Å². The number of nitrogens with one attached hydrogen (secondary N) is 1. The number of methoxy groups -OCH3 is 1. The first kappa shape index (κ1) is 20.4. The van der Waals surface area contributed by atoms with Gasteiger partial charge in [-0.15, -0.1) is 0 Å². The minimum atomic E-state index is -0.0235. The molecule has 0 radical (unpaired) electrons. The second kappa shape index (κ2) is 10.3. The monoisotopic (exact) mass is 395 g/mol. The summed E-state index contributed by atoms with van der Waals surface area (Å²) in [4.78, 5) is 16.2. The van der Waals surface area contributed by atoms with Gasteiger partial charge in [-0.2, -0.15) is 4.98 Å². The topological polar surface area (TPSA) is 86.5 Å². The molecule has 29 heavy (non-hydrogen) atoms. The zero-order chi connectivity index (χ0) is 20.5. The van der Waals surface area contributed by atoms with Crippen molar-refractivity contribution >= 4 is 5.91 Å². The fourth-order valence-corrected chi connectivity index (χ4v) is 2.81. The van der Waals surface area contributed by atoms with Crippen LogP contribution in [0.1, 0.15) is 35.7 Å². The van der Waals surface area contributed by atoms with Crippen LogP contribution >= 0.6 is 0 Å². The molecule has 0 fully saturated rings. The lowest BCUT2D eigenvalue weighted by atomic mass is 10.2. The van der Waals surface area contributed by atoms with Crippen LogP contribution in [0.3, 0.4) is 0 Å². The van der Waals surface area contributed by atoms with E-state index in [0.717, 1.165) is 11.1 Å². The molecule has 1 heterocycles. The van der Waals surface area contributed by atoms with Crippen molar-refractivity contribution in [2.45, 2.75) is 39.3 Å². The minimum Gasteiger partial charge on any atom is -0.493 e. The van der Waals surface area contributed by atoms with E-state index in [9.17, 15) is 4.79 Å². The number of hydrogen-bond donors (Lipinski definition) is 1. The molecule has 0 aliphatic heterocycles. The van der Waals surface area contributed by atoms with Crippen molar-refractivity contribution in [1.29, 1.82) is 0 Å². The highest BCUT2D eigenvalue weighted by molar-refractivity contribution is 5.75. The van der Waals surface area contributed by atoms with Crippen LogP contribution in [0.5, 0.6) is 11.5 Å². The number of ether oxygens (including phenoxy) is 2. The summed E-state index contributed by atoms with van der Waals surface area (Å²) < 4.78 is 16.3. The molecular formula is C22H25N3O4. The third-order valence-electron chi connectivity index (χ3n) is 4.32. The Labute approximate surface area is 170 Å². The zero-order valence-electron chi connectivity index (χ0n) is 16.7. The van der Waals surface area contributed by atoms with Gasteiger partial charge in [-0.05, 0) is 36.6 Å². The van der Waals surface area contributed by atoms with Gasteiger partial charge in [0, 0.05) is 19.4 Å². The van der Waals surface area contributed by atoms with Gasteiger partial charge in [0.05, 0.1) is 7.11 Å². The van der Waals surface area contributed by atoms with Crippen molar-refractivity contribution in [3.8, 4) is 11.5 Å². The SMILES string of the molecule is COc1cc(CNC(=O)CCCc2nc(C)no2)ccc1OCc1ccccc1. The van der Waals surface area contributed by atoms with Crippen molar-refractivity contribution in [3.05, 3.63) is 71.4 Å². The average Bonchev–Trinajstić information content (AvgIpc) is 3.16. The first-order chi connectivity index (χ1) is 14.1. The van der Waals surface area contributed by atoms with Crippen molar-refractivity contribution in [3.63, 3.8) is 0 Å². The number of amides is 1. The molecule has 1 amide bonds. The summed E-state index contributed by atoms with van der Waals surface area (Å²) in [5.74, 6) is 2.45. The number of aromatic nitrogens is 2. The third kappa shape index (κ3) is 6.34. The van der Waals surface area contributed by atoms with Gasteiger partial charge in [-0.3, -0.25) is 4.79 Å². The van der Waals surface area contributed by atoms with Crippen LogP contribution < -0.4 is 14.8 Å². The molecule has 0 bridgehead atoms. The van der Waals surface area contributed by atoms with E-state index in [1.807, 2.05) is 48.5 Å². The summed E-state index contributed by atoms with van der Waals surface area (Å²) in [5, 5.41) is 6.65. The predicted molar refractivity (Wildman–Crippen MR) is 108 cm³/mol. The van der Waals surface area contributed by atoms with Gasteiger partial charge >= 0.3 is 0 Å². The molecule has 0 spiro atoms. The molecule has 0 saturated carbocycles. The highest BCUT2D eigenvalue weighted by Gasteiger charge is 2.09. The number of benzene rings is 2. The molecule has 0 aliphatic rings. The highest BCUT2D eigenvalue weighted by atomic mass is 16.5. The second-order valence-corrected chi connectivity index (χ2v) is 6.63. The summed E-state index contributed by atoms with van der Waals surface area (Å²) in [6.45, 7) is 2.66. The normalized spacial score (nSPS) is 10.6. The van der Waals surface area contributed by atoms with E-state index in [1.165, 1.54) is 0 Å². The molecule has 0 saturated heterocycles. The van der Waals surface area contributed by atoms with Crippen LogP contribution in [0.2, 0.25) is 0 Å². The van der Waals surface area contributed by atoms with E-state index < -0.39 is 0 Å². The standard InChI is InChI=1S/C22H25N3O4/c1-16-24-22(29-25-16)10-6-9-21(26)23-14-18-11-12-19(20(13-18)27-2)28-15-17-7-4-3-5-8-17/h3-5,7-8,11-13H,6,9-10,14-15H2,1-2H3,(H,23,26). The van der Waals surface area contributed by atoms with Gasteiger partial charge in [0.2, 0.25) is 11.8 Å². The average molecular weight is 395 g/mol. The molecule has 3 rings (SSSR count). The molecule has 2 aromatic carbocycles. The Bertz CT molecular complexity index is 925. The number of rotatable bonds is 10. The summed E-state index contributed by atoms with van der Waals surface area (Å²) >= 11 is 0. The van der Waals surface area contributed by atoms with Gasteiger partial charge in [0.15, 0.2) is 17.3 Å². The van der Waals surface area contributed by atoms with E-state index in [1.54, 1.807) is 14.0 Å². The Balaban J connectivity index is 1.45. The number of hydrogen-bond acceptors (Lipinski definition) is 6. The van der Waals surface area contributed by atoms with E-state index in [4.69, 9.17) is 14.0 Å². The van der Waals surface area contributed by atoms with E-state index >= 15 is 0 Å². The molecule has 7 heteroatoms. The molecule has 3 aromatic rings. The number of carbonyl (C=O) groups excluding carboxylic acids is 1. The number of aryl methyl sites for hydroxylation is 2. The van der Waals surface area contributed by atoms with Gasteiger partial charge in [-0.1, -0.05) is 41.6 Å². The third-order valence-corrected chi connectivity index (χ3v) is 4.32. The van der Waals surface area contributed by atoms with Crippen molar-refractivity contribution in [2.24, 2.45) is 0 Å². The molecule has 0 aliphatic carbocycles. The lowest BCUT2D eigenvalue weighted by Crippen LogP contribution is -2.22. The molecule has 7 nitrogen and oxygen atoms in total. The van der Waals surface area contributed by atoms with E-state index in [2.05, 4.69) is 15.5 Å². The quantitative estimate of drug-likeness (QED) is 0.564. The van der Waals surface area contributed by atoms with Gasteiger partial charge in [0.25, 0.3) is 0 Å². The molecule has 0 atom stereocenters. The molecule has 1 N–H and O–H groups in total. The first-order valence-corrected chi connectivity index (χ1v) is 9.53. The van der Waals surface area contributed by atoms with Crippen molar-refractivity contribution in [2.75, 3.05) is 7.11 Å². The Morgan fingerprint density at radius 1 is 1.10 bits per heavy atom. The predicted octanol–water partition coefficient (Wildman–Crippen LogP) is 3.60. The van der Waals surface area contributed by atoms with Gasteiger partial charge in [-0.25, -0.2) is 0 Å². The Kier molecular flexibility index (Phi) is 7.22. The van der Waals surface area contributed by atoms with E-state index in [-0.39, 0.29) is 5.91 Å². The van der Waals surface area contributed by atoms with Crippen LogP contribution in [0.4, 0.5) is 0 Å². The fourth-order valence-electron chi connectivity index (χ4n) is 2.81. The van der Waals surface area contributed by atoms with Crippen LogP contribution in [-0.2, 0) is 24.4 Å². The lowest BCUT2D eigenvalue weighted by Gasteiger charge is -2.13. The Morgan fingerprint density at radius 2 is 1.93 bits per heavy atom. The summed E-state index contributed by atoms with van der Waals surface area (Å²) in [5.41, 5.74) is 2.02. The number of carbonyl (C=O) groups is 1. The fraction of sp³-hybridized carbons (Fsp3) is 0.318. The maximum absolute atomic E-state index is 12.1.